The van der Waals surface area contributed by atoms with Crippen LogP contribution in [0.15, 0.2) is 53.7 Å². The van der Waals surface area contributed by atoms with Gasteiger partial charge in [-0.05, 0) is 25.1 Å². The molecule has 1 heterocycles. The van der Waals surface area contributed by atoms with Crippen LogP contribution in [0.25, 0.3) is 17.0 Å². The Kier molecular flexibility index (Phi) is 4.15. The number of carbonyl (C=O) groups excluding carboxylic acids is 2. The van der Waals surface area contributed by atoms with Gasteiger partial charge in [-0.3, -0.25) is 4.79 Å². The van der Waals surface area contributed by atoms with Crippen LogP contribution >= 0.6 is 0 Å². The predicted molar refractivity (Wildman–Crippen MR) is 76.0 cm³/mol. The lowest BCUT2D eigenvalue weighted by molar-refractivity contribution is -0.153. The first-order valence-corrected chi connectivity index (χ1v) is 6.13. The van der Waals surface area contributed by atoms with E-state index in [1.165, 1.54) is 24.5 Å². The zero-order valence-electron chi connectivity index (χ0n) is 11.0. The molecule has 1 atom stereocenters. The third-order valence-corrected chi connectivity index (χ3v) is 2.75. The van der Waals surface area contributed by atoms with E-state index < -0.39 is 17.9 Å². The van der Waals surface area contributed by atoms with Gasteiger partial charge in [-0.1, -0.05) is 30.9 Å². The minimum absolute atomic E-state index is 0.491. The molecule has 0 N–H and O–H groups in total. The molecule has 0 aliphatic heterocycles. The molecule has 0 aliphatic carbocycles. The van der Waals surface area contributed by atoms with E-state index in [2.05, 4.69) is 6.58 Å². The molecule has 0 amide bonds. The minimum atomic E-state index is -0.901. The van der Waals surface area contributed by atoms with Crippen molar-refractivity contribution in [2.45, 2.75) is 13.0 Å². The predicted octanol–water partition coefficient (Wildman–Crippen LogP) is 3.13. The molecule has 0 bridgehead atoms. The molecular formula is C16H14O4. The summed E-state index contributed by atoms with van der Waals surface area (Å²) in [5.41, 5.74) is 1.46. The molecule has 0 saturated heterocycles. The van der Waals surface area contributed by atoms with E-state index in [0.717, 1.165) is 16.5 Å². The average molecular weight is 270 g/mol. The van der Waals surface area contributed by atoms with Crippen LogP contribution in [-0.4, -0.2) is 17.9 Å². The third-order valence-electron chi connectivity index (χ3n) is 2.75. The van der Waals surface area contributed by atoms with E-state index in [4.69, 9.17) is 9.15 Å². The molecule has 0 aliphatic rings. The Morgan fingerprint density at radius 1 is 1.35 bits per heavy atom. The normalized spacial score (nSPS) is 12.4. The van der Waals surface area contributed by atoms with Crippen LogP contribution in [-0.2, 0) is 14.3 Å². The average Bonchev–Trinajstić information content (AvgIpc) is 2.87. The monoisotopic (exact) mass is 270 g/mol. The van der Waals surface area contributed by atoms with Crippen LogP contribution in [0, 0.1) is 0 Å². The number of para-hydroxylation sites is 1. The van der Waals surface area contributed by atoms with E-state index in [1.807, 2.05) is 24.3 Å². The van der Waals surface area contributed by atoms with E-state index in [1.54, 1.807) is 6.92 Å². The van der Waals surface area contributed by atoms with Crippen molar-refractivity contribution in [1.82, 2.24) is 0 Å². The smallest absolute Gasteiger partial charge is 0.379 e. The Hall–Kier alpha value is -2.62. The van der Waals surface area contributed by atoms with Crippen LogP contribution in [0.4, 0.5) is 0 Å². The Morgan fingerprint density at radius 2 is 2.10 bits per heavy atom. The fourth-order valence-electron chi connectivity index (χ4n) is 1.64. The van der Waals surface area contributed by atoms with Gasteiger partial charge in [0.15, 0.2) is 0 Å². The fraction of sp³-hybridized carbons (Fsp3) is 0.125. The van der Waals surface area contributed by atoms with Gasteiger partial charge in [0, 0.05) is 10.9 Å². The second-order valence-electron chi connectivity index (χ2n) is 4.23. The molecular weight excluding hydrogens is 256 g/mol. The summed E-state index contributed by atoms with van der Waals surface area (Å²) in [7, 11) is 0. The molecule has 102 valence electrons. The van der Waals surface area contributed by atoms with Crippen molar-refractivity contribution in [3.63, 3.8) is 0 Å². The van der Waals surface area contributed by atoms with Crippen molar-refractivity contribution in [3.05, 3.63) is 54.8 Å². The van der Waals surface area contributed by atoms with Crippen molar-refractivity contribution < 1.29 is 18.7 Å². The highest BCUT2D eigenvalue weighted by atomic mass is 16.5. The largest absolute Gasteiger partial charge is 0.464 e. The van der Waals surface area contributed by atoms with Gasteiger partial charge in [0.2, 0.25) is 0 Å². The van der Waals surface area contributed by atoms with Crippen molar-refractivity contribution in [1.29, 1.82) is 0 Å². The summed E-state index contributed by atoms with van der Waals surface area (Å²) in [5.74, 6) is -1.62. The van der Waals surface area contributed by atoms with Crippen molar-refractivity contribution in [2.24, 2.45) is 0 Å². The lowest BCUT2D eigenvalue weighted by Gasteiger charge is -2.05. The van der Waals surface area contributed by atoms with Gasteiger partial charge in [0.1, 0.15) is 11.7 Å². The molecule has 0 radical (unpaired) electrons. The van der Waals surface area contributed by atoms with Crippen molar-refractivity contribution in [2.75, 3.05) is 0 Å². The number of benzene rings is 1. The number of ketones is 1. The van der Waals surface area contributed by atoms with Gasteiger partial charge >= 0.3 is 5.97 Å². The molecule has 2 aromatic rings. The highest BCUT2D eigenvalue weighted by molar-refractivity contribution is 6.39. The number of hydrogen-bond donors (Lipinski definition) is 0. The lowest BCUT2D eigenvalue weighted by atomic mass is 10.1. The Labute approximate surface area is 116 Å². The summed E-state index contributed by atoms with van der Waals surface area (Å²) in [6.07, 6.45) is 5.20. The zero-order valence-corrected chi connectivity index (χ0v) is 11.0. The first-order valence-electron chi connectivity index (χ1n) is 6.13. The van der Waals surface area contributed by atoms with Crippen molar-refractivity contribution in [3.8, 4) is 0 Å². The van der Waals surface area contributed by atoms with E-state index in [0.29, 0.717) is 0 Å². The van der Waals surface area contributed by atoms with E-state index >= 15 is 0 Å². The standard InChI is InChI=1S/C16H14O4/c1-3-11(2)20-16(18)14(17)9-8-12-10-19-15-7-5-4-6-13(12)15/h3-11H,1H2,2H3/b9-8+. The molecule has 1 aromatic heterocycles. The summed E-state index contributed by atoms with van der Waals surface area (Å²) in [6.45, 7) is 5.11. The number of furan rings is 1. The SMILES string of the molecule is C=CC(C)OC(=O)C(=O)/C=C/c1coc2ccccc12. The summed E-state index contributed by atoms with van der Waals surface area (Å²) in [5, 5.41) is 0.879. The van der Waals surface area contributed by atoms with Gasteiger partial charge in [-0.2, -0.15) is 0 Å². The first-order chi connectivity index (χ1) is 9.61. The number of rotatable bonds is 5. The number of esters is 1. The Morgan fingerprint density at radius 3 is 2.85 bits per heavy atom. The molecule has 0 saturated carbocycles. The van der Waals surface area contributed by atoms with Gasteiger partial charge in [-0.15, -0.1) is 0 Å². The summed E-state index contributed by atoms with van der Waals surface area (Å²) in [6, 6.07) is 7.44. The zero-order chi connectivity index (χ0) is 14.5. The first kappa shape index (κ1) is 13.8. The van der Waals surface area contributed by atoms with Crippen LogP contribution in [0.1, 0.15) is 12.5 Å². The van der Waals surface area contributed by atoms with E-state index in [9.17, 15) is 9.59 Å². The second-order valence-corrected chi connectivity index (χ2v) is 4.23. The molecule has 0 spiro atoms. The molecule has 0 fully saturated rings. The maximum atomic E-state index is 11.6. The number of fused-ring (bicyclic) bond motifs is 1. The highest BCUT2D eigenvalue weighted by Crippen LogP contribution is 2.21. The summed E-state index contributed by atoms with van der Waals surface area (Å²) < 4.78 is 10.2. The van der Waals surface area contributed by atoms with E-state index in [-0.39, 0.29) is 0 Å². The van der Waals surface area contributed by atoms with Gasteiger partial charge in [-0.25, -0.2) is 4.79 Å². The van der Waals surface area contributed by atoms with Gasteiger partial charge < -0.3 is 9.15 Å². The van der Waals surface area contributed by atoms with Gasteiger partial charge in [0.05, 0.1) is 6.26 Å². The molecule has 4 nitrogen and oxygen atoms in total. The summed E-state index contributed by atoms with van der Waals surface area (Å²) in [4.78, 5) is 23.0. The number of carbonyl (C=O) groups is 2. The fourth-order valence-corrected chi connectivity index (χ4v) is 1.64. The van der Waals surface area contributed by atoms with Crippen molar-refractivity contribution >= 4 is 28.8 Å². The van der Waals surface area contributed by atoms with Crippen LogP contribution < -0.4 is 0 Å². The molecule has 20 heavy (non-hydrogen) atoms. The lowest BCUT2D eigenvalue weighted by Crippen LogP contribution is -2.19. The second kappa shape index (κ2) is 6.02. The van der Waals surface area contributed by atoms with Crippen LogP contribution in [0.3, 0.4) is 0 Å². The summed E-state index contributed by atoms with van der Waals surface area (Å²) >= 11 is 0. The Balaban J connectivity index is 2.11. The highest BCUT2D eigenvalue weighted by Gasteiger charge is 2.14. The topological polar surface area (TPSA) is 56.5 Å². The van der Waals surface area contributed by atoms with Crippen LogP contribution in [0.5, 0.6) is 0 Å². The molecule has 4 heteroatoms. The quantitative estimate of drug-likeness (QED) is 0.362. The maximum absolute atomic E-state index is 11.6. The maximum Gasteiger partial charge on any atom is 0.379 e. The molecule has 1 unspecified atom stereocenters. The third kappa shape index (κ3) is 3.03. The van der Waals surface area contributed by atoms with Gasteiger partial charge in [0.25, 0.3) is 5.78 Å². The molecule has 1 aromatic carbocycles. The van der Waals surface area contributed by atoms with Crippen LogP contribution in [0.2, 0.25) is 0 Å². The molecule has 2 rings (SSSR count). The minimum Gasteiger partial charge on any atom is -0.464 e. The number of hydrogen-bond acceptors (Lipinski definition) is 4. The number of ether oxygens (including phenoxy) is 1. The Bertz CT molecular complexity index is 679.